The summed E-state index contributed by atoms with van der Waals surface area (Å²) in [5.41, 5.74) is 0.755. The normalized spacial score (nSPS) is 22.4. The second-order valence-electron chi connectivity index (χ2n) is 9.88. The van der Waals surface area contributed by atoms with Crippen LogP contribution in [0.3, 0.4) is 0 Å². The third-order valence-electron chi connectivity index (χ3n) is 6.36. The fraction of sp³-hybridized carbons (Fsp3) is 0.444. The molecule has 3 rings (SSSR count). The van der Waals surface area contributed by atoms with Crippen molar-refractivity contribution in [1.29, 1.82) is 0 Å². The highest BCUT2D eigenvalue weighted by molar-refractivity contribution is 7.12. The highest BCUT2D eigenvalue weighted by Gasteiger charge is 2.33. The van der Waals surface area contributed by atoms with E-state index in [1.807, 2.05) is 6.07 Å². The summed E-state index contributed by atoms with van der Waals surface area (Å²) in [5, 5.41) is 22.7. The molecule has 1 aromatic heterocycles. The van der Waals surface area contributed by atoms with Gasteiger partial charge in [0.1, 0.15) is 23.0 Å². The highest BCUT2D eigenvalue weighted by Crippen LogP contribution is 2.23. The molecule has 216 valence electrons. The predicted octanol–water partition coefficient (Wildman–Crippen LogP) is 0.707. The highest BCUT2D eigenvalue weighted by atomic mass is 35.5. The third kappa shape index (κ3) is 8.26. The van der Waals surface area contributed by atoms with E-state index in [2.05, 4.69) is 21.3 Å². The summed E-state index contributed by atoms with van der Waals surface area (Å²) < 4.78 is 0. The molecule has 0 aliphatic carbocycles. The number of carbonyl (C=O) groups is 5. The summed E-state index contributed by atoms with van der Waals surface area (Å²) in [6.45, 7) is 4.30. The Balaban J connectivity index is 1.94. The average molecular weight is 592 g/mol. The molecule has 5 amide bonds. The first-order valence-corrected chi connectivity index (χ1v) is 14.2. The fourth-order valence-electron chi connectivity index (χ4n) is 4.17. The van der Waals surface area contributed by atoms with E-state index in [9.17, 15) is 29.1 Å². The number of rotatable bonds is 5. The van der Waals surface area contributed by atoms with Crippen LogP contribution in [0.2, 0.25) is 5.02 Å². The minimum atomic E-state index is -1.33. The summed E-state index contributed by atoms with van der Waals surface area (Å²) in [7, 11) is 0. The number of carbonyl (C=O) groups excluding carboxylic acids is 5. The van der Waals surface area contributed by atoms with Gasteiger partial charge in [0.15, 0.2) is 0 Å². The zero-order chi connectivity index (χ0) is 29.4. The molecule has 4 atom stereocenters. The molecule has 0 radical (unpaired) electrons. The van der Waals surface area contributed by atoms with Crippen LogP contribution in [0, 0.1) is 5.92 Å². The van der Waals surface area contributed by atoms with Gasteiger partial charge < -0.3 is 31.3 Å². The van der Waals surface area contributed by atoms with E-state index in [1.54, 1.807) is 49.6 Å². The molecule has 1 aromatic carbocycles. The van der Waals surface area contributed by atoms with Gasteiger partial charge in [-0.3, -0.25) is 24.0 Å². The number of thiophene rings is 1. The lowest BCUT2D eigenvalue weighted by Crippen LogP contribution is -2.60. The van der Waals surface area contributed by atoms with E-state index in [0.29, 0.717) is 0 Å². The lowest BCUT2D eigenvalue weighted by atomic mass is 10.0. The molecule has 2 aromatic rings. The monoisotopic (exact) mass is 591 g/mol. The zero-order valence-corrected chi connectivity index (χ0v) is 24.1. The van der Waals surface area contributed by atoms with Crippen LogP contribution in [0.4, 0.5) is 0 Å². The predicted molar refractivity (Wildman–Crippen MR) is 151 cm³/mol. The van der Waals surface area contributed by atoms with Gasteiger partial charge in [-0.1, -0.05) is 55.8 Å². The van der Waals surface area contributed by atoms with Crippen molar-refractivity contribution in [2.75, 3.05) is 19.6 Å². The van der Waals surface area contributed by atoms with Crippen LogP contribution in [0.5, 0.6) is 0 Å². The molecule has 0 spiro atoms. The SMILES string of the molecule is CC(C)[C@H]1NC(=O)CN(C(=O)c2sccc2Cl)CCNC(=O)[C@H]([C@@H](C)O)NC(=O)[C@H](Cc2ccccc2)NC1=O. The molecule has 2 heterocycles. The van der Waals surface area contributed by atoms with Crippen LogP contribution in [0.1, 0.15) is 36.0 Å². The van der Waals surface area contributed by atoms with Crippen LogP contribution in [-0.2, 0) is 25.6 Å². The molecule has 1 saturated heterocycles. The smallest absolute Gasteiger partial charge is 0.265 e. The Kier molecular flexibility index (Phi) is 11.1. The molecule has 5 N–H and O–H groups in total. The van der Waals surface area contributed by atoms with E-state index >= 15 is 0 Å². The van der Waals surface area contributed by atoms with Crippen LogP contribution in [0.15, 0.2) is 41.8 Å². The quantitative estimate of drug-likeness (QED) is 0.345. The lowest BCUT2D eigenvalue weighted by Gasteiger charge is -2.27. The summed E-state index contributed by atoms with van der Waals surface area (Å²) in [6.07, 6.45) is -1.16. The van der Waals surface area contributed by atoms with Crippen molar-refractivity contribution in [2.45, 2.75) is 51.4 Å². The first-order valence-electron chi connectivity index (χ1n) is 12.9. The van der Waals surface area contributed by atoms with E-state index in [0.717, 1.165) is 16.9 Å². The van der Waals surface area contributed by atoms with Crippen molar-refractivity contribution in [1.82, 2.24) is 26.2 Å². The Morgan fingerprint density at radius 1 is 1.00 bits per heavy atom. The van der Waals surface area contributed by atoms with Crippen molar-refractivity contribution in [3.63, 3.8) is 0 Å². The molecular formula is C27H34ClN5O6S. The maximum Gasteiger partial charge on any atom is 0.265 e. The molecular weight excluding hydrogens is 558 g/mol. The number of aliphatic hydroxyl groups is 1. The van der Waals surface area contributed by atoms with Gasteiger partial charge in [0.05, 0.1) is 17.7 Å². The van der Waals surface area contributed by atoms with Gasteiger partial charge in [-0.25, -0.2) is 0 Å². The molecule has 0 saturated carbocycles. The average Bonchev–Trinajstić information content (AvgIpc) is 3.34. The summed E-state index contributed by atoms with van der Waals surface area (Å²) in [5.74, 6) is -3.43. The van der Waals surface area contributed by atoms with Crippen LogP contribution in [0.25, 0.3) is 0 Å². The van der Waals surface area contributed by atoms with Gasteiger partial charge in [-0.2, -0.15) is 0 Å². The number of halogens is 1. The number of hydrogen-bond acceptors (Lipinski definition) is 7. The molecule has 11 nitrogen and oxygen atoms in total. The second-order valence-corrected chi connectivity index (χ2v) is 11.2. The van der Waals surface area contributed by atoms with E-state index < -0.39 is 60.3 Å². The van der Waals surface area contributed by atoms with Gasteiger partial charge in [-0.15, -0.1) is 11.3 Å². The first kappa shape index (κ1) is 31.1. The van der Waals surface area contributed by atoms with Crippen LogP contribution in [-0.4, -0.2) is 83.4 Å². The van der Waals surface area contributed by atoms with E-state index in [4.69, 9.17) is 11.6 Å². The molecule has 1 fully saturated rings. The van der Waals surface area contributed by atoms with Gasteiger partial charge in [0, 0.05) is 19.5 Å². The van der Waals surface area contributed by atoms with Gasteiger partial charge in [0.2, 0.25) is 23.6 Å². The van der Waals surface area contributed by atoms with Crippen molar-refractivity contribution >= 4 is 52.5 Å². The van der Waals surface area contributed by atoms with Crippen molar-refractivity contribution < 1.29 is 29.1 Å². The third-order valence-corrected chi connectivity index (χ3v) is 7.69. The Labute approximate surface area is 241 Å². The van der Waals surface area contributed by atoms with Gasteiger partial charge >= 0.3 is 0 Å². The zero-order valence-electron chi connectivity index (χ0n) is 22.5. The topological polar surface area (TPSA) is 157 Å². The molecule has 13 heteroatoms. The molecule has 1 aliphatic heterocycles. The largest absolute Gasteiger partial charge is 0.391 e. The fourth-order valence-corrected chi connectivity index (χ4v) is 5.28. The van der Waals surface area contributed by atoms with E-state index in [1.165, 1.54) is 11.8 Å². The second kappa shape index (κ2) is 14.2. The van der Waals surface area contributed by atoms with Gasteiger partial charge in [-0.05, 0) is 29.9 Å². The number of aliphatic hydroxyl groups excluding tert-OH is 1. The summed E-state index contributed by atoms with van der Waals surface area (Å²) in [6, 6.07) is 7.10. The Morgan fingerprint density at radius 2 is 1.70 bits per heavy atom. The number of amides is 5. The molecule has 40 heavy (non-hydrogen) atoms. The Hall–Kier alpha value is -3.48. The standard InChI is InChI=1S/C27H34ClN5O6S/c1-15(2)21-26(38)30-19(13-17-7-5-4-6-8-17)24(36)32-22(16(3)34)25(37)29-10-11-33(14-20(35)31-21)27(39)23-18(28)9-12-40-23/h4-9,12,15-16,19,21-22,34H,10-11,13-14H2,1-3H3,(H,29,37)(H,30,38)(H,31,35)(H,32,36)/t16-,19+,21-,22+/m1/s1. The number of benzene rings is 1. The van der Waals surface area contributed by atoms with Crippen LogP contribution >= 0.6 is 22.9 Å². The molecule has 0 unspecified atom stereocenters. The van der Waals surface area contributed by atoms with Crippen LogP contribution < -0.4 is 21.3 Å². The Bertz CT molecular complexity index is 1220. The molecule has 0 bridgehead atoms. The van der Waals surface area contributed by atoms with Crippen molar-refractivity contribution in [3.8, 4) is 0 Å². The number of nitrogens with zero attached hydrogens (tertiary/aromatic N) is 1. The minimum Gasteiger partial charge on any atom is -0.391 e. The van der Waals surface area contributed by atoms with Crippen molar-refractivity contribution in [3.05, 3.63) is 57.2 Å². The minimum absolute atomic E-state index is 0.0676. The molecule has 1 aliphatic rings. The van der Waals surface area contributed by atoms with Gasteiger partial charge in [0.25, 0.3) is 5.91 Å². The van der Waals surface area contributed by atoms with Crippen molar-refractivity contribution in [2.24, 2.45) is 5.92 Å². The number of hydrogen-bond donors (Lipinski definition) is 5. The maximum atomic E-state index is 13.4. The Morgan fingerprint density at radius 3 is 2.30 bits per heavy atom. The maximum absolute atomic E-state index is 13.4. The summed E-state index contributed by atoms with van der Waals surface area (Å²) >= 11 is 7.26. The number of nitrogens with one attached hydrogen (secondary N) is 4. The lowest BCUT2D eigenvalue weighted by molar-refractivity contribution is -0.135. The first-order chi connectivity index (χ1) is 19.0. The summed E-state index contributed by atoms with van der Waals surface area (Å²) in [4.78, 5) is 67.4. The van der Waals surface area contributed by atoms with E-state index in [-0.39, 0.29) is 35.3 Å².